The van der Waals surface area contributed by atoms with Gasteiger partial charge >= 0.3 is 0 Å². The summed E-state index contributed by atoms with van der Waals surface area (Å²) in [6, 6.07) is 14.7. The highest BCUT2D eigenvalue weighted by Crippen LogP contribution is 2.22. The highest BCUT2D eigenvalue weighted by molar-refractivity contribution is 6.21. The van der Waals surface area contributed by atoms with Gasteiger partial charge < -0.3 is 10.6 Å². The molecule has 1 aliphatic heterocycles. The maximum absolute atomic E-state index is 12.3. The molecular weight excluding hydrogens is 360 g/mol. The monoisotopic (exact) mass is 376 g/mol. The number of nitriles is 1. The smallest absolute Gasteiger partial charge is 0.261 e. The summed E-state index contributed by atoms with van der Waals surface area (Å²) >= 11 is 0. The number of hydrogen-bond donors (Lipinski definition) is 2. The molecule has 0 radical (unpaired) electrons. The van der Waals surface area contributed by atoms with Crippen molar-refractivity contribution in [3.05, 3.63) is 59.7 Å². The molecule has 8 heteroatoms. The van der Waals surface area contributed by atoms with Crippen LogP contribution in [0.3, 0.4) is 0 Å². The van der Waals surface area contributed by atoms with Crippen LogP contribution < -0.4 is 10.6 Å². The van der Waals surface area contributed by atoms with E-state index < -0.39 is 17.7 Å². The molecule has 2 aromatic rings. The summed E-state index contributed by atoms with van der Waals surface area (Å²) in [4.78, 5) is 49.1. The van der Waals surface area contributed by atoms with Gasteiger partial charge in [0.2, 0.25) is 11.8 Å². The van der Waals surface area contributed by atoms with E-state index in [2.05, 4.69) is 10.6 Å². The molecule has 0 saturated carbocycles. The number of hydrogen-bond acceptors (Lipinski definition) is 5. The number of amides is 4. The van der Waals surface area contributed by atoms with Crippen LogP contribution in [0.25, 0.3) is 0 Å². The van der Waals surface area contributed by atoms with Crippen molar-refractivity contribution in [1.82, 2.24) is 4.90 Å². The van der Waals surface area contributed by atoms with E-state index in [1.54, 1.807) is 54.6 Å². The molecule has 2 N–H and O–H groups in total. The topological polar surface area (TPSA) is 119 Å². The second-order valence-corrected chi connectivity index (χ2v) is 6.07. The number of benzene rings is 2. The first-order valence-corrected chi connectivity index (χ1v) is 8.51. The van der Waals surface area contributed by atoms with Gasteiger partial charge in [0.05, 0.1) is 17.2 Å². The third kappa shape index (κ3) is 4.04. The normalized spacial score (nSPS) is 12.3. The van der Waals surface area contributed by atoms with E-state index in [1.807, 2.05) is 0 Å². The summed E-state index contributed by atoms with van der Waals surface area (Å²) in [6.45, 7) is -0.0134. The fraction of sp³-hybridized carbons (Fsp3) is 0.150. The molecule has 0 spiro atoms. The Hall–Kier alpha value is -3.99. The SMILES string of the molecule is N#CCC(=O)Nc1ccc(NC(=O)CCN2C(=O)c3ccccc3C2=O)cc1. The van der Waals surface area contributed by atoms with Gasteiger partial charge in [-0.3, -0.25) is 24.1 Å². The van der Waals surface area contributed by atoms with Crippen LogP contribution in [0.5, 0.6) is 0 Å². The molecule has 28 heavy (non-hydrogen) atoms. The summed E-state index contributed by atoms with van der Waals surface area (Å²) in [7, 11) is 0. The predicted molar refractivity (Wildman–Crippen MR) is 100 cm³/mol. The van der Waals surface area contributed by atoms with Crippen molar-refractivity contribution in [2.75, 3.05) is 17.2 Å². The van der Waals surface area contributed by atoms with Gasteiger partial charge in [0.25, 0.3) is 11.8 Å². The summed E-state index contributed by atoms with van der Waals surface area (Å²) in [5.41, 5.74) is 1.71. The van der Waals surface area contributed by atoms with E-state index >= 15 is 0 Å². The lowest BCUT2D eigenvalue weighted by Gasteiger charge is -2.13. The quantitative estimate of drug-likeness (QED) is 0.749. The minimum atomic E-state index is -0.416. The van der Waals surface area contributed by atoms with Crippen molar-refractivity contribution in [2.24, 2.45) is 0 Å². The second-order valence-electron chi connectivity index (χ2n) is 6.07. The standard InChI is InChI=1S/C20H16N4O4/c21-11-9-17(25)22-13-5-7-14(8-6-13)23-18(26)10-12-24-19(27)15-3-1-2-4-16(15)20(24)28/h1-8H,9-10,12H2,(H,22,25)(H,23,26). The Kier molecular flexibility index (Phi) is 5.46. The van der Waals surface area contributed by atoms with E-state index in [9.17, 15) is 19.2 Å². The molecule has 0 aliphatic carbocycles. The second kappa shape index (κ2) is 8.14. The van der Waals surface area contributed by atoms with Gasteiger partial charge in [-0.25, -0.2) is 0 Å². The summed E-state index contributed by atoms with van der Waals surface area (Å²) in [6.07, 6.45) is -0.275. The van der Waals surface area contributed by atoms with Crippen LogP contribution in [0, 0.1) is 11.3 Å². The summed E-state index contributed by atoms with van der Waals surface area (Å²) < 4.78 is 0. The zero-order valence-corrected chi connectivity index (χ0v) is 14.8. The van der Waals surface area contributed by atoms with Gasteiger partial charge in [-0.05, 0) is 36.4 Å². The fourth-order valence-electron chi connectivity index (χ4n) is 2.79. The van der Waals surface area contributed by atoms with Crippen molar-refractivity contribution in [3.63, 3.8) is 0 Å². The molecule has 0 unspecified atom stereocenters. The van der Waals surface area contributed by atoms with Crippen molar-refractivity contribution >= 4 is 35.0 Å². The van der Waals surface area contributed by atoms with Crippen LogP contribution >= 0.6 is 0 Å². The van der Waals surface area contributed by atoms with Crippen molar-refractivity contribution in [2.45, 2.75) is 12.8 Å². The molecule has 8 nitrogen and oxygen atoms in total. The number of imide groups is 1. The average Bonchev–Trinajstić information content (AvgIpc) is 2.93. The minimum Gasteiger partial charge on any atom is -0.326 e. The number of rotatable bonds is 6. The van der Waals surface area contributed by atoms with Gasteiger partial charge in [0.1, 0.15) is 6.42 Å². The number of carbonyl (C=O) groups excluding carboxylic acids is 4. The first-order chi connectivity index (χ1) is 13.5. The third-order valence-corrected chi connectivity index (χ3v) is 4.13. The van der Waals surface area contributed by atoms with Crippen LogP contribution in [-0.4, -0.2) is 35.1 Å². The summed E-state index contributed by atoms with van der Waals surface area (Å²) in [5, 5.41) is 13.7. The maximum atomic E-state index is 12.3. The molecule has 0 saturated heterocycles. The van der Waals surface area contributed by atoms with Crippen LogP contribution in [0.1, 0.15) is 33.6 Å². The molecule has 1 aliphatic rings. The van der Waals surface area contributed by atoms with E-state index in [0.29, 0.717) is 22.5 Å². The van der Waals surface area contributed by atoms with Gasteiger partial charge in [0.15, 0.2) is 0 Å². The van der Waals surface area contributed by atoms with E-state index in [4.69, 9.17) is 5.26 Å². The molecule has 140 valence electrons. The highest BCUT2D eigenvalue weighted by Gasteiger charge is 2.34. The molecule has 0 aromatic heterocycles. The zero-order chi connectivity index (χ0) is 20.1. The zero-order valence-electron chi connectivity index (χ0n) is 14.8. The molecule has 0 bridgehead atoms. The Morgan fingerprint density at radius 3 is 1.86 bits per heavy atom. The molecule has 0 fully saturated rings. The molecule has 3 rings (SSSR count). The number of fused-ring (bicyclic) bond motifs is 1. The van der Waals surface area contributed by atoms with Crippen molar-refractivity contribution in [3.8, 4) is 6.07 Å². The largest absolute Gasteiger partial charge is 0.326 e. The van der Waals surface area contributed by atoms with Crippen LogP contribution in [0.4, 0.5) is 11.4 Å². The van der Waals surface area contributed by atoms with E-state index in [1.165, 1.54) is 0 Å². The molecule has 4 amide bonds. The van der Waals surface area contributed by atoms with Gasteiger partial charge in [-0.1, -0.05) is 12.1 Å². The Bertz CT molecular complexity index is 957. The van der Waals surface area contributed by atoms with Crippen molar-refractivity contribution < 1.29 is 19.2 Å². The van der Waals surface area contributed by atoms with Gasteiger partial charge in [0, 0.05) is 24.3 Å². The van der Waals surface area contributed by atoms with E-state index in [0.717, 1.165) is 4.90 Å². The van der Waals surface area contributed by atoms with Crippen LogP contribution in [0.15, 0.2) is 48.5 Å². The molecule has 1 heterocycles. The number of nitrogens with zero attached hydrogens (tertiary/aromatic N) is 2. The lowest BCUT2D eigenvalue weighted by atomic mass is 10.1. The minimum absolute atomic E-state index is 0.0134. The average molecular weight is 376 g/mol. The van der Waals surface area contributed by atoms with E-state index in [-0.39, 0.29) is 25.3 Å². The highest BCUT2D eigenvalue weighted by atomic mass is 16.2. The Morgan fingerprint density at radius 1 is 0.857 bits per heavy atom. The lowest BCUT2D eigenvalue weighted by Crippen LogP contribution is -2.32. The number of carbonyl (C=O) groups is 4. The molecular formula is C20H16N4O4. The van der Waals surface area contributed by atoms with Crippen LogP contribution in [0.2, 0.25) is 0 Å². The van der Waals surface area contributed by atoms with Crippen molar-refractivity contribution in [1.29, 1.82) is 5.26 Å². The molecule has 2 aromatic carbocycles. The fourth-order valence-corrected chi connectivity index (χ4v) is 2.79. The number of anilines is 2. The number of nitrogens with one attached hydrogen (secondary N) is 2. The van der Waals surface area contributed by atoms with Crippen LogP contribution in [-0.2, 0) is 9.59 Å². The van der Waals surface area contributed by atoms with Gasteiger partial charge in [-0.15, -0.1) is 0 Å². The lowest BCUT2D eigenvalue weighted by molar-refractivity contribution is -0.116. The maximum Gasteiger partial charge on any atom is 0.261 e. The first-order valence-electron chi connectivity index (χ1n) is 8.51. The Labute approximate surface area is 160 Å². The molecule has 0 atom stereocenters. The third-order valence-electron chi connectivity index (χ3n) is 4.13. The summed E-state index contributed by atoms with van der Waals surface area (Å²) in [5.74, 6) is -1.56. The van der Waals surface area contributed by atoms with Gasteiger partial charge in [-0.2, -0.15) is 5.26 Å². The Morgan fingerprint density at radius 2 is 1.36 bits per heavy atom. The Balaban J connectivity index is 1.53. The first kappa shape index (κ1) is 18.8. The predicted octanol–water partition coefficient (Wildman–Crippen LogP) is 2.16.